The van der Waals surface area contributed by atoms with Crippen LogP contribution in [0.4, 0.5) is 8.78 Å². The van der Waals surface area contributed by atoms with Crippen molar-refractivity contribution in [1.29, 1.82) is 5.26 Å². The number of nitriles is 1. The Morgan fingerprint density at radius 1 is 1.17 bits per heavy atom. The van der Waals surface area contributed by atoms with Gasteiger partial charge in [-0.2, -0.15) is 5.26 Å². The first-order valence-corrected chi connectivity index (χ1v) is 11.5. The van der Waals surface area contributed by atoms with Gasteiger partial charge in [0.05, 0.1) is 12.6 Å². The Hall–Kier alpha value is -3.51. The number of carbonyl (C=O) groups excluding carboxylic acids is 3. The fraction of sp³-hybridized carbons (Fsp3) is 0.423. The lowest BCUT2D eigenvalue weighted by molar-refractivity contribution is -0.132. The number of Topliss-reactive ketones (excluding diaryl/α,β-unsaturated/α-hetero) is 2. The minimum atomic E-state index is -3.11. The second-order valence-electron chi connectivity index (χ2n) is 9.25. The van der Waals surface area contributed by atoms with Crippen molar-refractivity contribution in [3.05, 3.63) is 64.5 Å². The molecule has 1 aromatic heterocycles. The maximum Gasteiger partial charge on any atom is 0.268 e. The lowest BCUT2D eigenvalue weighted by Gasteiger charge is -2.25. The molecule has 2 aliphatic heterocycles. The minimum Gasteiger partial charge on any atom is -0.320 e. The zero-order valence-corrected chi connectivity index (χ0v) is 19.5. The van der Waals surface area contributed by atoms with E-state index in [4.69, 9.17) is 5.26 Å². The molecule has 2 aliphatic rings. The van der Waals surface area contributed by atoms with Crippen LogP contribution in [-0.2, 0) is 24.2 Å². The fourth-order valence-electron chi connectivity index (χ4n) is 4.68. The Kier molecular flexibility index (Phi) is 7.03. The normalized spacial score (nSPS) is 19.1. The molecule has 7 nitrogen and oxygen atoms in total. The highest BCUT2D eigenvalue weighted by atomic mass is 19.3. The van der Waals surface area contributed by atoms with Crippen LogP contribution in [0.5, 0.6) is 0 Å². The highest BCUT2D eigenvalue weighted by molar-refractivity contribution is 6.02. The summed E-state index contributed by atoms with van der Waals surface area (Å²) < 4.78 is 27.3. The number of rotatable bonds is 7. The van der Waals surface area contributed by atoms with Crippen molar-refractivity contribution in [2.45, 2.75) is 50.6 Å². The first kappa shape index (κ1) is 24.6. The standard InChI is InChI=1S/C26H26F2N4O3/c1-31-9-7-17-10-18(2-3-19(17)15-31)24(34)11-20-14-30-8-6-22(20)23(33)4-5-25(35)32-16-26(27,28)12-21(32)13-29/h2-3,6,8,10,14,21H,4-5,7,9,11-12,15-16H2,1H3/t21-/m0/s1. The number of halogens is 2. The van der Waals surface area contributed by atoms with Crippen LogP contribution in [0.2, 0.25) is 0 Å². The molecule has 0 bridgehead atoms. The van der Waals surface area contributed by atoms with E-state index < -0.39 is 30.8 Å². The van der Waals surface area contributed by atoms with Crippen molar-refractivity contribution >= 4 is 17.5 Å². The van der Waals surface area contributed by atoms with Crippen LogP contribution in [0.3, 0.4) is 0 Å². The number of pyridine rings is 1. The topological polar surface area (TPSA) is 94.4 Å². The van der Waals surface area contributed by atoms with E-state index in [1.165, 1.54) is 24.0 Å². The molecule has 0 spiro atoms. The average Bonchev–Trinajstić information content (AvgIpc) is 3.17. The molecule has 2 aromatic rings. The molecule has 1 fully saturated rings. The van der Waals surface area contributed by atoms with Crippen molar-refractivity contribution in [1.82, 2.24) is 14.8 Å². The summed E-state index contributed by atoms with van der Waals surface area (Å²) in [6.45, 7) is 0.951. The number of likely N-dealkylation sites (N-methyl/N-ethyl adjacent to an activating group) is 1. The van der Waals surface area contributed by atoms with Gasteiger partial charge in [0.2, 0.25) is 5.91 Å². The number of benzene rings is 1. The van der Waals surface area contributed by atoms with Gasteiger partial charge in [-0.05, 0) is 42.3 Å². The van der Waals surface area contributed by atoms with Crippen molar-refractivity contribution in [3.63, 3.8) is 0 Å². The maximum atomic E-state index is 13.6. The van der Waals surface area contributed by atoms with E-state index in [0.717, 1.165) is 30.0 Å². The number of carbonyl (C=O) groups is 3. The van der Waals surface area contributed by atoms with Gasteiger partial charge in [0, 0.05) is 62.3 Å². The van der Waals surface area contributed by atoms with Crippen LogP contribution in [-0.4, -0.2) is 64.4 Å². The summed E-state index contributed by atoms with van der Waals surface area (Å²) in [5, 5.41) is 9.08. The quantitative estimate of drug-likeness (QED) is 0.565. The highest BCUT2D eigenvalue weighted by Crippen LogP contribution is 2.32. The van der Waals surface area contributed by atoms with Gasteiger partial charge in [0.15, 0.2) is 11.6 Å². The molecule has 0 N–H and O–H groups in total. The third kappa shape index (κ3) is 5.60. The van der Waals surface area contributed by atoms with Crippen LogP contribution < -0.4 is 0 Å². The number of ketones is 2. The Morgan fingerprint density at radius 2 is 1.97 bits per heavy atom. The summed E-state index contributed by atoms with van der Waals surface area (Å²) in [5.74, 6) is -4.28. The lowest BCUT2D eigenvalue weighted by atomic mass is 9.93. The predicted molar refractivity (Wildman–Crippen MR) is 123 cm³/mol. The van der Waals surface area contributed by atoms with Crippen molar-refractivity contribution in [2.75, 3.05) is 20.1 Å². The fourth-order valence-corrected chi connectivity index (χ4v) is 4.68. The van der Waals surface area contributed by atoms with E-state index in [9.17, 15) is 23.2 Å². The molecule has 9 heteroatoms. The van der Waals surface area contributed by atoms with Crippen LogP contribution in [0.25, 0.3) is 0 Å². The van der Waals surface area contributed by atoms with Gasteiger partial charge < -0.3 is 9.80 Å². The van der Waals surface area contributed by atoms with E-state index in [0.29, 0.717) is 11.1 Å². The number of aromatic nitrogens is 1. The molecule has 4 rings (SSSR count). The van der Waals surface area contributed by atoms with E-state index in [2.05, 4.69) is 16.9 Å². The summed E-state index contributed by atoms with van der Waals surface area (Å²) in [6, 6.07) is 7.72. The monoisotopic (exact) mass is 480 g/mol. The smallest absolute Gasteiger partial charge is 0.268 e. The average molecular weight is 481 g/mol. The van der Waals surface area contributed by atoms with Gasteiger partial charge in [-0.1, -0.05) is 12.1 Å². The van der Waals surface area contributed by atoms with Crippen LogP contribution in [0.15, 0.2) is 36.7 Å². The number of nitrogens with zero attached hydrogens (tertiary/aromatic N) is 4. The molecule has 0 aliphatic carbocycles. The number of hydrogen-bond acceptors (Lipinski definition) is 6. The van der Waals surface area contributed by atoms with E-state index >= 15 is 0 Å². The third-order valence-corrected chi connectivity index (χ3v) is 6.59. The molecule has 182 valence electrons. The van der Waals surface area contributed by atoms with Gasteiger partial charge >= 0.3 is 0 Å². The molecular weight excluding hydrogens is 454 g/mol. The SMILES string of the molecule is CN1CCc2cc(C(=O)Cc3cnccc3C(=O)CCC(=O)N3CC(F)(F)C[C@H]3C#N)ccc2C1. The Labute approximate surface area is 202 Å². The van der Waals surface area contributed by atoms with Crippen LogP contribution >= 0.6 is 0 Å². The number of alkyl halides is 2. The largest absolute Gasteiger partial charge is 0.320 e. The van der Waals surface area contributed by atoms with Crippen LogP contribution in [0, 0.1) is 11.3 Å². The van der Waals surface area contributed by atoms with Gasteiger partial charge in [-0.25, -0.2) is 8.78 Å². The summed E-state index contributed by atoms with van der Waals surface area (Å²) in [4.78, 5) is 45.4. The Bertz CT molecular complexity index is 1210. The lowest BCUT2D eigenvalue weighted by Crippen LogP contribution is -2.36. The number of amides is 1. The number of likely N-dealkylation sites (tertiary alicyclic amines) is 1. The summed E-state index contributed by atoms with van der Waals surface area (Å²) >= 11 is 0. The third-order valence-electron chi connectivity index (χ3n) is 6.59. The molecule has 0 unspecified atom stereocenters. The van der Waals surface area contributed by atoms with Crippen LogP contribution in [0.1, 0.15) is 56.7 Å². The molecule has 1 saturated heterocycles. The highest BCUT2D eigenvalue weighted by Gasteiger charge is 2.47. The van der Waals surface area contributed by atoms with Gasteiger partial charge in [0.1, 0.15) is 6.04 Å². The Morgan fingerprint density at radius 3 is 2.74 bits per heavy atom. The molecule has 35 heavy (non-hydrogen) atoms. The summed E-state index contributed by atoms with van der Waals surface area (Å²) in [6.07, 6.45) is 2.56. The summed E-state index contributed by atoms with van der Waals surface area (Å²) in [5.41, 5.74) is 3.66. The van der Waals surface area contributed by atoms with E-state index in [1.807, 2.05) is 12.1 Å². The summed E-state index contributed by atoms with van der Waals surface area (Å²) in [7, 11) is 2.05. The Balaban J connectivity index is 1.42. The molecular formula is C26H26F2N4O3. The zero-order valence-electron chi connectivity index (χ0n) is 19.5. The van der Waals surface area contributed by atoms with E-state index in [-0.39, 0.29) is 36.4 Å². The van der Waals surface area contributed by atoms with Gasteiger partial charge in [-0.3, -0.25) is 19.4 Å². The zero-order chi connectivity index (χ0) is 25.2. The number of hydrogen-bond donors (Lipinski definition) is 0. The van der Waals surface area contributed by atoms with Gasteiger partial charge in [0.25, 0.3) is 5.92 Å². The van der Waals surface area contributed by atoms with E-state index in [1.54, 1.807) is 12.1 Å². The second-order valence-corrected chi connectivity index (χ2v) is 9.25. The molecule has 0 radical (unpaired) electrons. The van der Waals surface area contributed by atoms with Crippen molar-refractivity contribution < 1.29 is 23.2 Å². The molecule has 1 aromatic carbocycles. The van der Waals surface area contributed by atoms with Crippen molar-refractivity contribution in [3.8, 4) is 6.07 Å². The first-order valence-electron chi connectivity index (χ1n) is 11.5. The molecule has 3 heterocycles. The predicted octanol–water partition coefficient (Wildman–Crippen LogP) is 3.22. The minimum absolute atomic E-state index is 0.0175. The molecule has 1 atom stereocenters. The molecule has 0 saturated carbocycles. The van der Waals surface area contributed by atoms with Gasteiger partial charge in [-0.15, -0.1) is 0 Å². The molecule has 1 amide bonds. The first-order chi connectivity index (χ1) is 16.7. The number of fused-ring (bicyclic) bond motifs is 1. The second kappa shape index (κ2) is 10.0. The maximum absolute atomic E-state index is 13.6. The van der Waals surface area contributed by atoms with Crippen molar-refractivity contribution in [2.24, 2.45) is 0 Å².